The highest BCUT2D eigenvalue weighted by Gasteiger charge is 2.14. The summed E-state index contributed by atoms with van der Waals surface area (Å²) in [5, 5.41) is 0. The minimum absolute atomic E-state index is 0.140. The smallest absolute Gasteiger partial charge is 0.164 e. The van der Waals surface area contributed by atoms with Crippen LogP contribution in [0.3, 0.4) is 0 Å². The van der Waals surface area contributed by atoms with Crippen molar-refractivity contribution in [3.05, 3.63) is 23.8 Å². The maximum absolute atomic E-state index is 12.5. The summed E-state index contributed by atoms with van der Waals surface area (Å²) < 4.78 is 5.56. The number of carbonyl (C=O) groups excluding carboxylic acids is 1. The Morgan fingerprint density at radius 3 is 2.29 bits per heavy atom. The molecule has 136 valence electrons. The Kier molecular flexibility index (Phi) is 8.83. The third-order valence-electron chi connectivity index (χ3n) is 3.70. The molecule has 4 heteroatoms. The Hall–Kier alpha value is -1.55. The van der Waals surface area contributed by atoms with Crippen molar-refractivity contribution >= 4 is 11.5 Å². The first-order valence-electron chi connectivity index (χ1n) is 9.11. The first kappa shape index (κ1) is 20.5. The number of ether oxygens (including phenoxy) is 1. The van der Waals surface area contributed by atoms with Crippen LogP contribution in [-0.2, 0) is 0 Å². The van der Waals surface area contributed by atoms with Crippen molar-refractivity contribution in [2.45, 2.75) is 47.5 Å². The van der Waals surface area contributed by atoms with Gasteiger partial charge in [0.2, 0.25) is 0 Å². The van der Waals surface area contributed by atoms with Crippen LogP contribution in [0.1, 0.15) is 57.8 Å². The van der Waals surface area contributed by atoms with Crippen molar-refractivity contribution in [1.82, 2.24) is 4.90 Å². The Labute approximate surface area is 147 Å². The van der Waals surface area contributed by atoms with Crippen LogP contribution in [-0.4, -0.2) is 36.9 Å². The molecule has 0 amide bonds. The lowest BCUT2D eigenvalue weighted by atomic mass is 10.1. The number of anilines is 1. The number of carbonyl (C=O) groups is 1. The van der Waals surface area contributed by atoms with Gasteiger partial charge >= 0.3 is 0 Å². The van der Waals surface area contributed by atoms with E-state index in [2.05, 4.69) is 32.6 Å². The summed E-state index contributed by atoms with van der Waals surface area (Å²) in [7, 11) is 0. The molecule has 0 radical (unpaired) electrons. The second-order valence-corrected chi connectivity index (χ2v) is 7.32. The zero-order valence-electron chi connectivity index (χ0n) is 16.0. The van der Waals surface area contributed by atoms with Crippen molar-refractivity contribution < 1.29 is 9.53 Å². The molecule has 0 heterocycles. The highest BCUT2D eigenvalue weighted by atomic mass is 16.5. The maximum Gasteiger partial charge on any atom is 0.164 e. The van der Waals surface area contributed by atoms with Crippen molar-refractivity contribution in [2.75, 3.05) is 32.0 Å². The highest BCUT2D eigenvalue weighted by Crippen LogP contribution is 2.23. The monoisotopic (exact) mass is 334 g/mol. The molecular weight excluding hydrogens is 300 g/mol. The standard InChI is InChI=1S/C20H34N2O2/c1-6-11-24-20-8-7-17(12-18(20)21)19(23)9-10-22(13-15(2)3)14-16(4)5/h7-8,12,15-16H,6,9-11,13-14,21H2,1-5H3. The van der Waals surface area contributed by atoms with E-state index in [1.165, 1.54) is 0 Å². The third kappa shape index (κ3) is 7.35. The van der Waals surface area contributed by atoms with E-state index in [1.807, 2.05) is 13.0 Å². The summed E-state index contributed by atoms with van der Waals surface area (Å²) in [6, 6.07) is 5.36. The van der Waals surface area contributed by atoms with E-state index in [4.69, 9.17) is 10.5 Å². The fourth-order valence-corrected chi connectivity index (χ4v) is 2.76. The van der Waals surface area contributed by atoms with Gasteiger partial charge in [0, 0.05) is 31.6 Å². The van der Waals surface area contributed by atoms with E-state index in [9.17, 15) is 4.79 Å². The number of benzene rings is 1. The van der Waals surface area contributed by atoms with Gasteiger partial charge in [0.15, 0.2) is 5.78 Å². The van der Waals surface area contributed by atoms with Crippen molar-refractivity contribution in [2.24, 2.45) is 11.8 Å². The van der Waals surface area contributed by atoms with Gasteiger partial charge in [-0.1, -0.05) is 34.6 Å². The van der Waals surface area contributed by atoms with Gasteiger partial charge in [0.25, 0.3) is 0 Å². The van der Waals surface area contributed by atoms with Crippen LogP contribution in [0, 0.1) is 11.8 Å². The SMILES string of the molecule is CCCOc1ccc(C(=O)CCN(CC(C)C)CC(C)C)cc1N. The lowest BCUT2D eigenvalue weighted by molar-refractivity contribution is 0.0956. The number of hydrogen-bond acceptors (Lipinski definition) is 4. The Morgan fingerprint density at radius 1 is 1.17 bits per heavy atom. The molecule has 0 bridgehead atoms. The summed E-state index contributed by atoms with van der Waals surface area (Å²) in [6.07, 6.45) is 1.45. The number of hydrogen-bond donors (Lipinski definition) is 1. The summed E-state index contributed by atoms with van der Waals surface area (Å²) in [5.74, 6) is 2.00. The largest absolute Gasteiger partial charge is 0.491 e. The number of nitrogens with two attached hydrogens (primary N) is 1. The molecule has 0 spiro atoms. The Bertz CT molecular complexity index is 502. The highest BCUT2D eigenvalue weighted by molar-refractivity contribution is 5.97. The van der Waals surface area contributed by atoms with Gasteiger partial charge in [-0.3, -0.25) is 4.79 Å². The van der Waals surface area contributed by atoms with Crippen LogP contribution in [0.5, 0.6) is 5.75 Å². The van der Waals surface area contributed by atoms with Gasteiger partial charge in [-0.25, -0.2) is 0 Å². The summed E-state index contributed by atoms with van der Waals surface area (Å²) in [5.41, 5.74) is 7.21. The molecule has 0 saturated heterocycles. The fraction of sp³-hybridized carbons (Fsp3) is 0.650. The van der Waals surface area contributed by atoms with E-state index in [0.717, 1.165) is 26.1 Å². The minimum Gasteiger partial charge on any atom is -0.491 e. The quantitative estimate of drug-likeness (QED) is 0.486. The number of rotatable bonds is 11. The van der Waals surface area contributed by atoms with E-state index < -0.39 is 0 Å². The van der Waals surface area contributed by atoms with Crippen molar-refractivity contribution in [3.63, 3.8) is 0 Å². The summed E-state index contributed by atoms with van der Waals surface area (Å²) >= 11 is 0. The molecule has 1 aromatic rings. The van der Waals surface area contributed by atoms with E-state index in [1.54, 1.807) is 12.1 Å². The molecule has 24 heavy (non-hydrogen) atoms. The van der Waals surface area contributed by atoms with Gasteiger partial charge in [0.05, 0.1) is 12.3 Å². The van der Waals surface area contributed by atoms with Crippen LogP contribution in [0.2, 0.25) is 0 Å². The van der Waals surface area contributed by atoms with E-state index in [0.29, 0.717) is 41.9 Å². The Morgan fingerprint density at radius 2 is 1.79 bits per heavy atom. The van der Waals surface area contributed by atoms with E-state index >= 15 is 0 Å². The van der Waals surface area contributed by atoms with E-state index in [-0.39, 0.29) is 5.78 Å². The third-order valence-corrected chi connectivity index (χ3v) is 3.70. The molecule has 0 aliphatic rings. The Balaban J connectivity index is 2.64. The lowest BCUT2D eigenvalue weighted by Crippen LogP contribution is -2.33. The molecule has 0 atom stereocenters. The molecule has 0 aromatic heterocycles. The first-order valence-corrected chi connectivity index (χ1v) is 9.11. The molecule has 0 fully saturated rings. The number of Topliss-reactive ketones (excluding diaryl/α,β-unsaturated/α-hetero) is 1. The average molecular weight is 335 g/mol. The fourth-order valence-electron chi connectivity index (χ4n) is 2.76. The summed E-state index contributed by atoms with van der Waals surface area (Å²) in [6.45, 7) is 14.4. The molecule has 0 unspecified atom stereocenters. The molecule has 0 aliphatic carbocycles. The van der Waals surface area contributed by atoms with Crippen LogP contribution >= 0.6 is 0 Å². The number of nitrogens with zero attached hydrogens (tertiary/aromatic N) is 1. The second kappa shape index (κ2) is 10.3. The molecular formula is C20H34N2O2. The van der Waals surface area contributed by atoms with Crippen LogP contribution in [0.15, 0.2) is 18.2 Å². The normalized spacial score (nSPS) is 11.5. The minimum atomic E-state index is 0.140. The number of nitrogen functional groups attached to an aromatic ring is 1. The van der Waals surface area contributed by atoms with Gasteiger partial charge < -0.3 is 15.4 Å². The molecule has 0 saturated carbocycles. The van der Waals surface area contributed by atoms with Gasteiger partial charge in [0.1, 0.15) is 5.75 Å². The molecule has 1 rings (SSSR count). The van der Waals surface area contributed by atoms with Gasteiger partial charge in [-0.05, 0) is 36.5 Å². The summed E-state index contributed by atoms with van der Waals surface area (Å²) in [4.78, 5) is 14.9. The predicted molar refractivity (Wildman–Crippen MR) is 102 cm³/mol. The zero-order chi connectivity index (χ0) is 18.1. The number of ketones is 1. The first-order chi connectivity index (χ1) is 11.3. The molecule has 4 nitrogen and oxygen atoms in total. The van der Waals surface area contributed by atoms with Gasteiger partial charge in [-0.2, -0.15) is 0 Å². The maximum atomic E-state index is 12.5. The second-order valence-electron chi connectivity index (χ2n) is 7.32. The predicted octanol–water partition coefficient (Wildman–Crippen LogP) is 4.24. The molecule has 2 N–H and O–H groups in total. The van der Waals surface area contributed by atoms with Crippen LogP contribution in [0.4, 0.5) is 5.69 Å². The van der Waals surface area contributed by atoms with Crippen molar-refractivity contribution in [1.29, 1.82) is 0 Å². The zero-order valence-corrected chi connectivity index (χ0v) is 16.0. The molecule has 0 aliphatic heterocycles. The van der Waals surface area contributed by atoms with Crippen LogP contribution < -0.4 is 10.5 Å². The average Bonchev–Trinajstić information content (AvgIpc) is 2.50. The topological polar surface area (TPSA) is 55.6 Å². The van der Waals surface area contributed by atoms with Crippen LogP contribution in [0.25, 0.3) is 0 Å². The lowest BCUT2D eigenvalue weighted by Gasteiger charge is -2.25. The van der Waals surface area contributed by atoms with Crippen molar-refractivity contribution in [3.8, 4) is 5.75 Å². The van der Waals surface area contributed by atoms with Gasteiger partial charge in [-0.15, -0.1) is 0 Å². The molecule has 1 aromatic carbocycles.